The van der Waals surface area contributed by atoms with Crippen LogP contribution in [-0.4, -0.2) is 62.7 Å². The van der Waals surface area contributed by atoms with E-state index >= 15 is 0 Å². The Hall–Kier alpha value is -0.890. The Morgan fingerprint density at radius 3 is 2.25 bits per heavy atom. The lowest BCUT2D eigenvalue weighted by Gasteiger charge is -2.49. The summed E-state index contributed by atoms with van der Waals surface area (Å²) in [6.07, 6.45) is 0.373. The van der Waals surface area contributed by atoms with E-state index in [0.29, 0.717) is 12.8 Å². The lowest BCUT2D eigenvalue weighted by Crippen LogP contribution is -2.64. The summed E-state index contributed by atoms with van der Waals surface area (Å²) in [6.45, 7) is 7.78. The molecule has 2 amide bonds. The molecule has 1 heterocycles. The molecule has 20 heavy (non-hydrogen) atoms. The number of aliphatic hydroxyl groups excluding tert-OH is 2. The van der Waals surface area contributed by atoms with Crippen LogP contribution in [0, 0.1) is 0 Å². The third kappa shape index (κ3) is 4.59. The molecule has 1 unspecified atom stereocenters. The van der Waals surface area contributed by atoms with Gasteiger partial charge in [0.1, 0.15) is 0 Å². The van der Waals surface area contributed by atoms with Crippen molar-refractivity contribution < 1.29 is 20.2 Å². The Labute approximate surface area is 119 Å². The van der Waals surface area contributed by atoms with Gasteiger partial charge >= 0.3 is 6.03 Å². The number of amides is 2. The van der Waals surface area contributed by atoms with Crippen LogP contribution in [0.3, 0.4) is 0 Å². The number of hydrogen-bond donors (Lipinski definition) is 5. The molecule has 0 spiro atoms. The molecule has 1 rings (SSSR count). The zero-order chi connectivity index (χ0) is 15.6. The van der Waals surface area contributed by atoms with Crippen molar-refractivity contribution in [3.63, 3.8) is 0 Å². The number of piperidine rings is 1. The number of rotatable bonds is 4. The number of hydroxylamine groups is 1. The van der Waals surface area contributed by atoms with Gasteiger partial charge in [-0.3, -0.25) is 5.21 Å². The van der Waals surface area contributed by atoms with Gasteiger partial charge in [0.25, 0.3) is 0 Å². The van der Waals surface area contributed by atoms with E-state index < -0.39 is 18.7 Å². The van der Waals surface area contributed by atoms with Crippen molar-refractivity contribution in [2.45, 2.75) is 63.8 Å². The summed E-state index contributed by atoms with van der Waals surface area (Å²) in [5.41, 5.74) is 1.30. The minimum Gasteiger partial charge on any atom is -0.394 e. The van der Waals surface area contributed by atoms with Gasteiger partial charge in [-0.15, -0.1) is 0 Å². The molecule has 0 aromatic rings. The molecule has 7 heteroatoms. The van der Waals surface area contributed by atoms with Crippen LogP contribution in [0.4, 0.5) is 4.79 Å². The van der Waals surface area contributed by atoms with Crippen LogP contribution in [0.25, 0.3) is 0 Å². The third-order valence-corrected chi connectivity index (χ3v) is 3.58. The van der Waals surface area contributed by atoms with Crippen LogP contribution < -0.4 is 10.8 Å². The molecule has 5 N–H and O–H groups in total. The molecule has 118 valence electrons. The minimum atomic E-state index is -1.02. The Morgan fingerprint density at radius 2 is 1.85 bits per heavy atom. The first-order chi connectivity index (χ1) is 9.10. The predicted molar refractivity (Wildman–Crippen MR) is 74.4 cm³/mol. The van der Waals surface area contributed by atoms with E-state index in [1.807, 2.05) is 0 Å². The lowest BCUT2D eigenvalue weighted by molar-refractivity contribution is 0.0211. The number of carbonyl (C=O) groups excluding carboxylic acids is 1. The molecule has 0 aliphatic carbocycles. The van der Waals surface area contributed by atoms with Gasteiger partial charge in [-0.2, -0.15) is 0 Å². The first-order valence-corrected chi connectivity index (χ1v) is 6.89. The van der Waals surface area contributed by atoms with E-state index in [1.54, 1.807) is 5.48 Å². The molecule has 1 atom stereocenters. The van der Waals surface area contributed by atoms with Crippen molar-refractivity contribution in [3.8, 4) is 0 Å². The average Bonchev–Trinajstić information content (AvgIpc) is 2.30. The van der Waals surface area contributed by atoms with Gasteiger partial charge in [0, 0.05) is 17.1 Å². The number of carbonyl (C=O) groups is 1. The highest BCUT2D eigenvalue weighted by Gasteiger charge is 2.41. The summed E-state index contributed by atoms with van der Waals surface area (Å²) in [5, 5.41) is 30.9. The second-order valence-corrected chi connectivity index (χ2v) is 6.86. The van der Waals surface area contributed by atoms with Crippen LogP contribution in [0.15, 0.2) is 0 Å². The fourth-order valence-electron chi connectivity index (χ4n) is 3.24. The van der Waals surface area contributed by atoms with Crippen molar-refractivity contribution in [1.29, 1.82) is 0 Å². The highest BCUT2D eigenvalue weighted by Crippen LogP contribution is 2.31. The van der Waals surface area contributed by atoms with Gasteiger partial charge in [0.15, 0.2) is 0 Å². The van der Waals surface area contributed by atoms with Crippen molar-refractivity contribution in [3.05, 3.63) is 0 Å². The van der Waals surface area contributed by atoms with Crippen molar-refractivity contribution >= 4 is 6.03 Å². The monoisotopic (exact) mass is 289 g/mol. The smallest absolute Gasteiger partial charge is 0.341 e. The van der Waals surface area contributed by atoms with E-state index in [1.165, 1.54) is 4.90 Å². The summed E-state index contributed by atoms with van der Waals surface area (Å²) >= 11 is 0. The zero-order valence-corrected chi connectivity index (χ0v) is 12.7. The van der Waals surface area contributed by atoms with Crippen molar-refractivity contribution in [2.75, 3.05) is 13.2 Å². The second kappa shape index (κ2) is 6.26. The first-order valence-electron chi connectivity index (χ1n) is 6.89. The molecule has 7 nitrogen and oxygen atoms in total. The number of urea groups is 1. The Kier molecular flexibility index (Phi) is 5.37. The van der Waals surface area contributed by atoms with Gasteiger partial charge < -0.3 is 20.4 Å². The molecular weight excluding hydrogens is 262 g/mol. The topological polar surface area (TPSA) is 105 Å². The maximum Gasteiger partial charge on any atom is 0.341 e. The van der Waals surface area contributed by atoms with E-state index in [-0.39, 0.29) is 23.7 Å². The van der Waals surface area contributed by atoms with Crippen LogP contribution in [0.5, 0.6) is 0 Å². The van der Waals surface area contributed by atoms with Crippen LogP contribution in [0.2, 0.25) is 0 Å². The summed E-state index contributed by atoms with van der Waals surface area (Å²) in [7, 11) is 0. The van der Waals surface area contributed by atoms with Crippen LogP contribution in [-0.2, 0) is 0 Å². The number of aliphatic hydroxyl groups is 2. The average molecular weight is 289 g/mol. The van der Waals surface area contributed by atoms with Gasteiger partial charge in [-0.1, -0.05) is 0 Å². The summed E-state index contributed by atoms with van der Waals surface area (Å²) < 4.78 is 0. The highest BCUT2D eigenvalue weighted by molar-refractivity contribution is 5.73. The third-order valence-electron chi connectivity index (χ3n) is 3.58. The van der Waals surface area contributed by atoms with E-state index in [9.17, 15) is 9.90 Å². The van der Waals surface area contributed by atoms with Crippen molar-refractivity contribution in [1.82, 2.24) is 15.7 Å². The second-order valence-electron chi connectivity index (χ2n) is 6.86. The molecule has 0 radical (unpaired) electrons. The Bertz CT molecular complexity index is 331. The zero-order valence-electron chi connectivity index (χ0n) is 12.7. The maximum absolute atomic E-state index is 11.8. The number of nitrogens with one attached hydrogen (secondary N) is 2. The quantitative estimate of drug-likeness (QED) is 0.371. The van der Waals surface area contributed by atoms with Gasteiger partial charge in [-0.05, 0) is 40.5 Å². The number of nitrogens with zero attached hydrogens (tertiary/aromatic N) is 1. The fourth-order valence-corrected chi connectivity index (χ4v) is 3.24. The Balaban J connectivity index is 2.91. The van der Waals surface area contributed by atoms with E-state index in [4.69, 9.17) is 10.3 Å². The molecule has 1 aliphatic heterocycles. The predicted octanol–water partition coefficient (Wildman–Crippen LogP) is 0.0496. The summed E-state index contributed by atoms with van der Waals surface area (Å²) in [5.74, 6) is 0. The SMILES string of the molecule is CC1(C)CC(N(CC(O)CO)C(=O)NO)CC(C)(C)N1. The number of hydrogen-bond acceptors (Lipinski definition) is 5. The molecule has 1 saturated heterocycles. The molecule has 1 fully saturated rings. The lowest BCUT2D eigenvalue weighted by atomic mass is 9.79. The normalized spacial score (nSPS) is 23.1. The fraction of sp³-hybridized carbons (Fsp3) is 0.923. The molecule has 0 aromatic carbocycles. The maximum atomic E-state index is 11.8. The highest BCUT2D eigenvalue weighted by atomic mass is 16.5. The molecule has 0 bridgehead atoms. The van der Waals surface area contributed by atoms with Crippen LogP contribution >= 0.6 is 0 Å². The minimum absolute atomic E-state index is 0.0142. The van der Waals surface area contributed by atoms with Crippen LogP contribution in [0.1, 0.15) is 40.5 Å². The van der Waals surface area contributed by atoms with E-state index in [0.717, 1.165) is 0 Å². The van der Waals surface area contributed by atoms with Crippen molar-refractivity contribution in [2.24, 2.45) is 0 Å². The Morgan fingerprint density at radius 1 is 1.35 bits per heavy atom. The molecular formula is C13H27N3O4. The largest absolute Gasteiger partial charge is 0.394 e. The van der Waals surface area contributed by atoms with Gasteiger partial charge in [-0.25, -0.2) is 10.3 Å². The van der Waals surface area contributed by atoms with E-state index in [2.05, 4.69) is 33.0 Å². The summed E-state index contributed by atoms with van der Waals surface area (Å²) in [4.78, 5) is 13.2. The summed E-state index contributed by atoms with van der Waals surface area (Å²) in [6, 6.07) is -0.786. The molecule has 1 aliphatic rings. The molecule has 0 aromatic heterocycles. The molecule has 0 saturated carbocycles. The van der Waals surface area contributed by atoms with Gasteiger partial charge in [0.05, 0.1) is 19.3 Å². The first kappa shape index (κ1) is 17.2. The standard InChI is InChI=1S/C13H27N3O4/c1-12(2)5-9(6-13(3,4)15-12)16(11(19)14-20)7-10(18)8-17/h9-10,15,17-18,20H,5-8H2,1-4H3,(H,14,19). The van der Waals surface area contributed by atoms with Gasteiger partial charge in [0.2, 0.25) is 0 Å².